The Bertz CT molecular complexity index is 1230. The summed E-state index contributed by atoms with van der Waals surface area (Å²) in [5.41, 5.74) is 1.11. The molecule has 0 aliphatic heterocycles. The van der Waals surface area contributed by atoms with Gasteiger partial charge in [-0.25, -0.2) is 4.79 Å². The van der Waals surface area contributed by atoms with Crippen LogP contribution in [0.2, 0.25) is 10.0 Å². The van der Waals surface area contributed by atoms with E-state index in [2.05, 4.69) is 10.6 Å². The Balaban J connectivity index is 1.95. The molecule has 0 saturated carbocycles. The van der Waals surface area contributed by atoms with E-state index in [0.717, 1.165) is 11.3 Å². The molecular formula is C23H20Cl2N2O5S. The third-order valence-electron chi connectivity index (χ3n) is 4.58. The number of ether oxygens (including phenoxy) is 2. The minimum atomic E-state index is -0.685. The molecule has 0 spiro atoms. The lowest BCUT2D eigenvalue weighted by atomic mass is 10.1. The van der Waals surface area contributed by atoms with Crippen LogP contribution in [0, 0.1) is 6.92 Å². The van der Waals surface area contributed by atoms with Gasteiger partial charge in [0.1, 0.15) is 10.8 Å². The van der Waals surface area contributed by atoms with Crippen LogP contribution in [0.15, 0.2) is 42.5 Å². The Morgan fingerprint density at radius 1 is 1.03 bits per heavy atom. The highest BCUT2D eigenvalue weighted by molar-refractivity contribution is 7.19. The molecular weight excluding hydrogens is 487 g/mol. The second-order valence-corrected chi connectivity index (χ2v) is 8.58. The lowest BCUT2D eigenvalue weighted by molar-refractivity contribution is 0.0601. The predicted octanol–water partition coefficient (Wildman–Crippen LogP) is 6.05. The lowest BCUT2D eigenvalue weighted by Crippen LogP contribution is -2.15. The third-order valence-corrected chi connectivity index (χ3v) is 6.33. The van der Waals surface area contributed by atoms with Crippen molar-refractivity contribution in [3.05, 3.63) is 74.1 Å². The van der Waals surface area contributed by atoms with Crippen molar-refractivity contribution in [2.45, 2.75) is 13.8 Å². The van der Waals surface area contributed by atoms with Crippen LogP contribution in [0.1, 0.15) is 42.9 Å². The lowest BCUT2D eigenvalue weighted by Gasteiger charge is -2.11. The number of carbonyl (C=O) groups excluding carboxylic acids is 3. The highest BCUT2D eigenvalue weighted by Crippen LogP contribution is 2.36. The number of methoxy groups -OCH3 is 1. The van der Waals surface area contributed by atoms with Gasteiger partial charge in [-0.3, -0.25) is 9.59 Å². The van der Waals surface area contributed by atoms with Gasteiger partial charge >= 0.3 is 5.97 Å². The Kier molecular flexibility index (Phi) is 7.97. The zero-order valence-electron chi connectivity index (χ0n) is 18.0. The summed E-state index contributed by atoms with van der Waals surface area (Å²) in [6, 6.07) is 11.4. The maximum absolute atomic E-state index is 13.1. The summed E-state index contributed by atoms with van der Waals surface area (Å²) in [7, 11) is 1.22. The van der Waals surface area contributed by atoms with E-state index in [1.54, 1.807) is 31.2 Å². The summed E-state index contributed by atoms with van der Waals surface area (Å²) in [5, 5.41) is 6.15. The summed E-state index contributed by atoms with van der Waals surface area (Å²) in [6.07, 6.45) is 0. The van der Waals surface area contributed by atoms with Crippen molar-refractivity contribution in [3.63, 3.8) is 0 Å². The molecule has 3 aromatic rings. The molecule has 2 aromatic carbocycles. The van der Waals surface area contributed by atoms with Crippen molar-refractivity contribution >= 4 is 63.0 Å². The largest absolute Gasteiger partial charge is 0.492 e. The third kappa shape index (κ3) is 5.47. The number of anilines is 2. The second kappa shape index (κ2) is 10.7. The molecule has 172 valence electrons. The minimum Gasteiger partial charge on any atom is -0.492 e. The van der Waals surface area contributed by atoms with Crippen molar-refractivity contribution in [1.82, 2.24) is 0 Å². The van der Waals surface area contributed by atoms with Crippen LogP contribution in [-0.4, -0.2) is 31.5 Å². The molecule has 1 heterocycles. The first kappa shape index (κ1) is 24.6. The number of amides is 2. The van der Waals surface area contributed by atoms with Gasteiger partial charge in [-0.15, -0.1) is 11.3 Å². The summed E-state index contributed by atoms with van der Waals surface area (Å²) in [4.78, 5) is 38.6. The van der Waals surface area contributed by atoms with Gasteiger partial charge in [0.2, 0.25) is 0 Å². The van der Waals surface area contributed by atoms with Crippen LogP contribution >= 0.6 is 34.5 Å². The number of rotatable bonds is 7. The summed E-state index contributed by atoms with van der Waals surface area (Å²) in [5.74, 6) is -1.19. The van der Waals surface area contributed by atoms with Crippen LogP contribution in [-0.2, 0) is 4.74 Å². The number of carbonyl (C=O) groups is 3. The fourth-order valence-corrected chi connectivity index (χ4v) is 4.62. The number of esters is 1. The first-order valence-electron chi connectivity index (χ1n) is 9.78. The van der Waals surface area contributed by atoms with Crippen LogP contribution in [0.4, 0.5) is 10.7 Å². The molecule has 0 unspecified atom stereocenters. The number of benzene rings is 2. The summed E-state index contributed by atoms with van der Waals surface area (Å²) in [6.45, 7) is 3.88. The van der Waals surface area contributed by atoms with Gasteiger partial charge in [0, 0.05) is 5.02 Å². The Labute approximate surface area is 204 Å². The van der Waals surface area contributed by atoms with Crippen LogP contribution in [0.25, 0.3) is 0 Å². The number of nitrogens with one attached hydrogen (secondary N) is 2. The predicted molar refractivity (Wildman–Crippen MR) is 130 cm³/mol. The van der Waals surface area contributed by atoms with Crippen LogP contribution < -0.4 is 15.4 Å². The van der Waals surface area contributed by atoms with Gasteiger partial charge in [0.15, 0.2) is 0 Å². The van der Waals surface area contributed by atoms with E-state index in [0.29, 0.717) is 28.6 Å². The normalized spacial score (nSPS) is 10.5. The average molecular weight is 507 g/mol. The monoisotopic (exact) mass is 506 g/mol. The molecule has 10 heteroatoms. The van der Waals surface area contributed by atoms with Gasteiger partial charge in [0.25, 0.3) is 11.8 Å². The Morgan fingerprint density at radius 2 is 1.76 bits per heavy atom. The number of hydrogen-bond acceptors (Lipinski definition) is 6. The summed E-state index contributed by atoms with van der Waals surface area (Å²) >= 11 is 13.0. The number of thiophene rings is 1. The van der Waals surface area contributed by atoms with E-state index in [4.69, 9.17) is 32.7 Å². The fourth-order valence-electron chi connectivity index (χ4n) is 3.04. The molecule has 0 saturated heterocycles. The van der Waals surface area contributed by atoms with Gasteiger partial charge in [-0.2, -0.15) is 0 Å². The zero-order chi connectivity index (χ0) is 24.1. The Hall–Kier alpha value is -3.07. The van der Waals surface area contributed by atoms with E-state index >= 15 is 0 Å². The van der Waals surface area contributed by atoms with Gasteiger partial charge in [-0.1, -0.05) is 35.3 Å². The van der Waals surface area contributed by atoms with Crippen molar-refractivity contribution < 1.29 is 23.9 Å². The Morgan fingerprint density at radius 3 is 2.42 bits per heavy atom. The fraction of sp³-hybridized carbons (Fsp3) is 0.174. The molecule has 33 heavy (non-hydrogen) atoms. The van der Waals surface area contributed by atoms with Crippen molar-refractivity contribution in [2.75, 3.05) is 24.4 Å². The average Bonchev–Trinajstić information content (AvgIpc) is 3.10. The first-order chi connectivity index (χ1) is 15.8. The molecule has 0 bridgehead atoms. The van der Waals surface area contributed by atoms with Crippen molar-refractivity contribution in [1.29, 1.82) is 0 Å². The molecule has 3 rings (SSSR count). The van der Waals surface area contributed by atoms with E-state index in [9.17, 15) is 14.4 Å². The second-order valence-electron chi connectivity index (χ2n) is 6.71. The maximum atomic E-state index is 13.1. The molecule has 0 aliphatic rings. The van der Waals surface area contributed by atoms with E-state index in [1.165, 1.54) is 25.3 Å². The zero-order valence-corrected chi connectivity index (χ0v) is 20.3. The standard InChI is InChI=1S/C23H20Cl2N2O5S/c1-4-32-17-8-6-5-7-16(17)26-21(29)19-12(2)18(23(30)31-3)22(33-19)27-20(28)14-10-9-13(24)11-15(14)25/h5-11H,4H2,1-3H3,(H,26,29)(H,27,28). The van der Waals surface area contributed by atoms with Crippen LogP contribution in [0.5, 0.6) is 5.75 Å². The smallest absolute Gasteiger partial charge is 0.341 e. The van der Waals surface area contributed by atoms with Gasteiger partial charge < -0.3 is 20.1 Å². The highest BCUT2D eigenvalue weighted by atomic mass is 35.5. The molecule has 2 amide bonds. The van der Waals surface area contributed by atoms with Gasteiger partial charge in [-0.05, 0) is 49.7 Å². The van der Waals surface area contributed by atoms with Crippen LogP contribution in [0.3, 0.4) is 0 Å². The first-order valence-corrected chi connectivity index (χ1v) is 11.3. The molecule has 0 fully saturated rings. The molecule has 0 aliphatic carbocycles. The topological polar surface area (TPSA) is 93.7 Å². The SMILES string of the molecule is CCOc1ccccc1NC(=O)c1sc(NC(=O)c2ccc(Cl)cc2Cl)c(C(=O)OC)c1C. The number of halogens is 2. The highest BCUT2D eigenvalue weighted by Gasteiger charge is 2.27. The quantitative estimate of drug-likeness (QED) is 0.380. The molecule has 0 radical (unpaired) electrons. The van der Waals surface area contributed by atoms with Gasteiger partial charge in [0.05, 0.1) is 40.4 Å². The molecule has 1 aromatic heterocycles. The number of para-hydroxylation sites is 2. The molecule has 0 atom stereocenters. The van der Waals surface area contributed by atoms with E-state index < -0.39 is 17.8 Å². The van der Waals surface area contributed by atoms with Crippen molar-refractivity contribution in [3.8, 4) is 5.75 Å². The summed E-state index contributed by atoms with van der Waals surface area (Å²) < 4.78 is 10.4. The van der Waals surface area contributed by atoms with Crippen molar-refractivity contribution in [2.24, 2.45) is 0 Å². The van der Waals surface area contributed by atoms with E-state index in [-0.39, 0.29) is 26.0 Å². The number of hydrogen-bond donors (Lipinski definition) is 2. The van der Waals surface area contributed by atoms with E-state index in [1.807, 2.05) is 6.92 Å². The minimum absolute atomic E-state index is 0.0872. The molecule has 2 N–H and O–H groups in total. The maximum Gasteiger partial charge on any atom is 0.341 e. The molecule has 7 nitrogen and oxygen atoms in total.